The SMILES string of the molecule is COCCNC(=O)c1c(NC(=O)c2cc(-c3ccc(C)cc3)on2)sc2c1CCCC2. The van der Waals surface area contributed by atoms with Crippen molar-refractivity contribution >= 4 is 28.2 Å². The number of fused-ring (bicyclic) bond motifs is 1. The summed E-state index contributed by atoms with van der Waals surface area (Å²) in [5.41, 5.74) is 3.77. The molecule has 3 aromatic rings. The summed E-state index contributed by atoms with van der Waals surface area (Å²) in [7, 11) is 1.59. The average molecular weight is 440 g/mol. The second kappa shape index (κ2) is 9.45. The number of aryl methyl sites for hydroxylation is 2. The molecule has 7 nitrogen and oxygen atoms in total. The van der Waals surface area contributed by atoms with Crippen LogP contribution in [0.2, 0.25) is 0 Å². The van der Waals surface area contributed by atoms with Crippen LogP contribution in [0.4, 0.5) is 5.00 Å². The highest BCUT2D eigenvalue weighted by atomic mass is 32.1. The van der Waals surface area contributed by atoms with Crippen LogP contribution in [0.3, 0.4) is 0 Å². The molecule has 0 atom stereocenters. The molecule has 0 unspecified atom stereocenters. The van der Waals surface area contributed by atoms with Gasteiger partial charge in [0.15, 0.2) is 11.5 Å². The first-order valence-electron chi connectivity index (χ1n) is 10.3. The Hall–Kier alpha value is -2.97. The molecule has 0 bridgehead atoms. The lowest BCUT2D eigenvalue weighted by molar-refractivity contribution is 0.0937. The summed E-state index contributed by atoms with van der Waals surface area (Å²) in [6.07, 6.45) is 3.90. The minimum atomic E-state index is -0.397. The lowest BCUT2D eigenvalue weighted by Crippen LogP contribution is -2.28. The lowest BCUT2D eigenvalue weighted by Gasteiger charge is -2.13. The monoisotopic (exact) mass is 439 g/mol. The van der Waals surface area contributed by atoms with Gasteiger partial charge in [-0.2, -0.15) is 0 Å². The molecule has 162 valence electrons. The van der Waals surface area contributed by atoms with Crippen LogP contribution in [0.1, 0.15) is 49.7 Å². The number of benzene rings is 1. The molecule has 0 radical (unpaired) electrons. The van der Waals surface area contributed by atoms with Gasteiger partial charge >= 0.3 is 0 Å². The zero-order chi connectivity index (χ0) is 21.8. The summed E-state index contributed by atoms with van der Waals surface area (Å²) in [6.45, 7) is 2.85. The van der Waals surface area contributed by atoms with E-state index in [1.807, 2.05) is 31.2 Å². The lowest BCUT2D eigenvalue weighted by atomic mass is 9.95. The Balaban J connectivity index is 1.56. The van der Waals surface area contributed by atoms with E-state index < -0.39 is 5.91 Å². The number of hydrogen-bond donors (Lipinski definition) is 2. The van der Waals surface area contributed by atoms with Crippen molar-refractivity contribution < 1.29 is 18.8 Å². The molecule has 8 heteroatoms. The fourth-order valence-corrected chi connectivity index (χ4v) is 4.93. The van der Waals surface area contributed by atoms with Gasteiger partial charge in [-0.1, -0.05) is 35.0 Å². The molecule has 4 rings (SSSR count). The molecule has 2 heterocycles. The van der Waals surface area contributed by atoms with E-state index in [9.17, 15) is 9.59 Å². The number of aromatic nitrogens is 1. The van der Waals surface area contributed by atoms with Crippen LogP contribution in [-0.4, -0.2) is 37.2 Å². The number of hydrogen-bond acceptors (Lipinski definition) is 6. The molecular weight excluding hydrogens is 414 g/mol. The summed E-state index contributed by atoms with van der Waals surface area (Å²) in [6, 6.07) is 9.41. The Kier molecular flexibility index (Phi) is 6.48. The summed E-state index contributed by atoms with van der Waals surface area (Å²) < 4.78 is 10.4. The van der Waals surface area contributed by atoms with Gasteiger partial charge in [0.05, 0.1) is 12.2 Å². The van der Waals surface area contributed by atoms with Gasteiger partial charge in [-0.3, -0.25) is 9.59 Å². The van der Waals surface area contributed by atoms with Gasteiger partial charge in [-0.05, 0) is 38.2 Å². The normalized spacial score (nSPS) is 13.0. The number of ether oxygens (including phenoxy) is 1. The maximum absolute atomic E-state index is 12.9. The molecule has 0 saturated heterocycles. The fourth-order valence-electron chi connectivity index (χ4n) is 3.65. The van der Waals surface area contributed by atoms with Crippen LogP contribution in [0.15, 0.2) is 34.9 Å². The molecule has 0 saturated carbocycles. The summed E-state index contributed by atoms with van der Waals surface area (Å²) in [5.74, 6) is -0.0629. The van der Waals surface area contributed by atoms with E-state index in [1.54, 1.807) is 13.2 Å². The Morgan fingerprint density at radius 2 is 1.94 bits per heavy atom. The van der Waals surface area contributed by atoms with Crippen LogP contribution in [0.5, 0.6) is 0 Å². The third-order valence-corrected chi connectivity index (χ3v) is 6.50. The third kappa shape index (κ3) is 4.70. The Bertz CT molecular complexity index is 1080. The maximum Gasteiger partial charge on any atom is 0.278 e. The second-order valence-electron chi connectivity index (χ2n) is 7.56. The molecule has 1 aliphatic rings. The summed E-state index contributed by atoms with van der Waals surface area (Å²) in [4.78, 5) is 26.9. The Morgan fingerprint density at radius 1 is 1.16 bits per heavy atom. The highest BCUT2D eigenvalue weighted by molar-refractivity contribution is 7.17. The summed E-state index contributed by atoms with van der Waals surface area (Å²) >= 11 is 1.47. The van der Waals surface area contributed by atoms with Gasteiger partial charge in [0.25, 0.3) is 11.8 Å². The van der Waals surface area contributed by atoms with E-state index in [0.717, 1.165) is 42.4 Å². The van der Waals surface area contributed by atoms with Gasteiger partial charge in [0, 0.05) is 30.2 Å². The number of anilines is 1. The van der Waals surface area contributed by atoms with Crippen LogP contribution in [0, 0.1) is 6.92 Å². The topological polar surface area (TPSA) is 93.5 Å². The van der Waals surface area contributed by atoms with Crippen molar-refractivity contribution in [2.75, 3.05) is 25.6 Å². The first-order valence-corrected chi connectivity index (χ1v) is 11.1. The number of nitrogens with one attached hydrogen (secondary N) is 2. The van der Waals surface area contributed by atoms with E-state index in [-0.39, 0.29) is 11.6 Å². The minimum Gasteiger partial charge on any atom is -0.383 e. The number of methoxy groups -OCH3 is 1. The Morgan fingerprint density at radius 3 is 2.71 bits per heavy atom. The molecule has 2 N–H and O–H groups in total. The maximum atomic E-state index is 12.9. The third-order valence-electron chi connectivity index (χ3n) is 5.30. The largest absolute Gasteiger partial charge is 0.383 e. The van der Waals surface area contributed by atoms with Gasteiger partial charge in [0.2, 0.25) is 0 Å². The van der Waals surface area contributed by atoms with Gasteiger partial charge in [-0.25, -0.2) is 0 Å². The average Bonchev–Trinajstić information content (AvgIpc) is 3.39. The van der Waals surface area contributed by atoms with Crippen LogP contribution in [-0.2, 0) is 17.6 Å². The first-order chi connectivity index (χ1) is 15.1. The molecule has 1 aromatic carbocycles. The number of carbonyl (C=O) groups excluding carboxylic acids is 2. The smallest absolute Gasteiger partial charge is 0.278 e. The van der Waals surface area contributed by atoms with Crippen molar-refractivity contribution in [2.24, 2.45) is 0 Å². The molecular formula is C23H25N3O4S. The fraction of sp³-hybridized carbons (Fsp3) is 0.348. The highest BCUT2D eigenvalue weighted by Crippen LogP contribution is 2.38. The Labute approximate surface area is 184 Å². The zero-order valence-corrected chi connectivity index (χ0v) is 18.4. The molecule has 31 heavy (non-hydrogen) atoms. The van der Waals surface area contributed by atoms with Gasteiger partial charge < -0.3 is 19.9 Å². The van der Waals surface area contributed by atoms with Crippen LogP contribution < -0.4 is 10.6 Å². The van der Waals surface area contributed by atoms with Crippen molar-refractivity contribution in [1.29, 1.82) is 0 Å². The predicted molar refractivity (Wildman–Crippen MR) is 120 cm³/mol. The van der Waals surface area contributed by atoms with E-state index in [0.29, 0.717) is 29.5 Å². The molecule has 0 spiro atoms. The van der Waals surface area contributed by atoms with Crippen molar-refractivity contribution in [3.05, 3.63) is 57.6 Å². The first kappa shape index (κ1) is 21.3. The molecule has 0 fully saturated rings. The number of nitrogens with zero attached hydrogens (tertiary/aromatic N) is 1. The molecule has 2 amide bonds. The van der Waals surface area contributed by atoms with E-state index >= 15 is 0 Å². The van der Waals surface area contributed by atoms with E-state index in [2.05, 4.69) is 15.8 Å². The predicted octanol–water partition coefficient (Wildman–Crippen LogP) is 4.22. The minimum absolute atomic E-state index is 0.174. The molecule has 1 aliphatic carbocycles. The standard InChI is InChI=1S/C23H25N3O4S/c1-14-7-9-15(10-8-14)18-13-17(26-30-18)21(27)25-23-20(22(28)24-11-12-29-2)16-5-3-4-6-19(16)31-23/h7-10,13H,3-6,11-12H2,1-2H3,(H,24,28)(H,25,27). The van der Waals surface area contributed by atoms with Crippen LogP contribution >= 0.6 is 11.3 Å². The van der Waals surface area contributed by atoms with Crippen molar-refractivity contribution in [3.8, 4) is 11.3 Å². The van der Waals surface area contributed by atoms with Crippen molar-refractivity contribution in [1.82, 2.24) is 10.5 Å². The second-order valence-corrected chi connectivity index (χ2v) is 8.67. The highest BCUT2D eigenvalue weighted by Gasteiger charge is 2.27. The number of amides is 2. The number of thiophene rings is 1. The number of rotatable bonds is 7. The van der Waals surface area contributed by atoms with E-state index in [1.165, 1.54) is 16.2 Å². The quantitative estimate of drug-likeness (QED) is 0.538. The van der Waals surface area contributed by atoms with Crippen molar-refractivity contribution in [2.45, 2.75) is 32.6 Å². The number of carbonyl (C=O) groups is 2. The molecule has 0 aliphatic heterocycles. The summed E-state index contributed by atoms with van der Waals surface area (Å²) in [5, 5.41) is 10.3. The van der Waals surface area contributed by atoms with E-state index in [4.69, 9.17) is 9.26 Å². The van der Waals surface area contributed by atoms with Crippen LogP contribution in [0.25, 0.3) is 11.3 Å². The molecule has 2 aromatic heterocycles. The van der Waals surface area contributed by atoms with Gasteiger partial charge in [-0.15, -0.1) is 11.3 Å². The van der Waals surface area contributed by atoms with Gasteiger partial charge in [0.1, 0.15) is 5.00 Å². The zero-order valence-electron chi connectivity index (χ0n) is 17.6. The van der Waals surface area contributed by atoms with Crippen molar-refractivity contribution in [3.63, 3.8) is 0 Å².